The molecule has 0 unspecified atom stereocenters. The van der Waals surface area contributed by atoms with E-state index in [9.17, 15) is 4.55 Å². The molecule has 0 saturated heterocycles. The van der Waals surface area contributed by atoms with Gasteiger partial charge in [0.2, 0.25) is 0 Å². The van der Waals surface area contributed by atoms with Crippen molar-refractivity contribution in [3.8, 4) is 0 Å². The molecule has 0 heterocycles. The molecule has 0 fully saturated rings. The third kappa shape index (κ3) is 5.63. The molecule has 12 heavy (non-hydrogen) atoms. The number of hydrogen-bond acceptors (Lipinski definition) is 2. The highest BCUT2D eigenvalue weighted by Crippen LogP contribution is 2.13. The Morgan fingerprint density at radius 3 is 2.42 bits per heavy atom. The van der Waals surface area contributed by atoms with Crippen molar-refractivity contribution in [2.45, 2.75) is 38.4 Å². The first-order chi connectivity index (χ1) is 5.48. The predicted molar refractivity (Wildman–Crippen MR) is 54.8 cm³/mol. The normalized spacial score (nSPS) is 14.3. The Hall–Kier alpha value is 0.01000. The maximum absolute atomic E-state index is 11.4. The fourth-order valence-corrected chi connectivity index (χ4v) is 1.14. The lowest BCUT2D eigenvalue weighted by atomic mass is 10.3. The molecule has 1 radical (unpaired) electrons. The standard InChI is InChI=1S/C9H18NOS/c1-5-6-7-8-10-12(11)9(2,3)4/h5,8,10H,1,6-7H2,2-4H3/t12-/m0/s1. The van der Waals surface area contributed by atoms with Gasteiger partial charge in [0.1, 0.15) is 4.75 Å². The average Bonchev–Trinajstić information content (AvgIpc) is 1.96. The molecule has 0 bridgehead atoms. The number of rotatable bonds is 5. The second-order valence-electron chi connectivity index (χ2n) is 3.57. The maximum atomic E-state index is 11.4. The van der Waals surface area contributed by atoms with Gasteiger partial charge >= 0.3 is 0 Å². The molecule has 0 aromatic rings. The molecule has 0 aromatic carbocycles. The van der Waals surface area contributed by atoms with Crippen LogP contribution in [-0.4, -0.2) is 9.30 Å². The van der Waals surface area contributed by atoms with E-state index < -0.39 is 11.4 Å². The first-order valence-electron chi connectivity index (χ1n) is 4.09. The van der Waals surface area contributed by atoms with Crippen LogP contribution in [0.4, 0.5) is 0 Å². The van der Waals surface area contributed by atoms with Crippen molar-refractivity contribution in [2.24, 2.45) is 0 Å². The van der Waals surface area contributed by atoms with Gasteiger partial charge in [-0.05, 0) is 33.6 Å². The van der Waals surface area contributed by atoms with Crippen LogP contribution in [0.15, 0.2) is 12.7 Å². The van der Waals surface area contributed by atoms with E-state index in [1.807, 2.05) is 33.4 Å². The van der Waals surface area contributed by atoms with Crippen molar-refractivity contribution in [2.75, 3.05) is 0 Å². The van der Waals surface area contributed by atoms with E-state index >= 15 is 0 Å². The van der Waals surface area contributed by atoms with Crippen LogP contribution in [-0.2, 0) is 11.4 Å². The summed E-state index contributed by atoms with van der Waals surface area (Å²) in [4.78, 5) is 0. The fraction of sp³-hybridized carbons (Fsp3) is 0.667. The third-order valence-electron chi connectivity index (χ3n) is 1.26. The van der Waals surface area contributed by atoms with Crippen molar-refractivity contribution in [3.05, 3.63) is 19.2 Å². The van der Waals surface area contributed by atoms with Gasteiger partial charge in [0, 0.05) is 11.4 Å². The highest BCUT2D eigenvalue weighted by Gasteiger charge is 2.25. The molecular weight excluding hydrogens is 170 g/mol. The van der Waals surface area contributed by atoms with Gasteiger partial charge in [0.25, 0.3) is 0 Å². The quantitative estimate of drug-likeness (QED) is 0.407. The van der Waals surface area contributed by atoms with Crippen molar-refractivity contribution in [1.82, 2.24) is 4.72 Å². The van der Waals surface area contributed by atoms with E-state index in [-0.39, 0.29) is 4.75 Å². The zero-order valence-corrected chi connectivity index (χ0v) is 8.91. The number of allylic oxidation sites excluding steroid dienone is 1. The van der Waals surface area contributed by atoms with Gasteiger partial charge in [0.05, 0.1) is 6.54 Å². The van der Waals surface area contributed by atoms with Crippen LogP contribution >= 0.6 is 0 Å². The van der Waals surface area contributed by atoms with Gasteiger partial charge in [-0.2, -0.15) is 0 Å². The third-order valence-corrected chi connectivity index (χ3v) is 2.75. The Labute approximate surface area is 78.7 Å². The summed E-state index contributed by atoms with van der Waals surface area (Å²) < 4.78 is 14.0. The van der Waals surface area contributed by atoms with Crippen LogP contribution in [0, 0.1) is 6.54 Å². The summed E-state index contributed by atoms with van der Waals surface area (Å²) in [5.74, 6) is 0. The van der Waals surface area contributed by atoms with Crippen LogP contribution in [0.3, 0.4) is 0 Å². The summed E-state index contributed by atoms with van der Waals surface area (Å²) in [7, 11) is 0. The summed E-state index contributed by atoms with van der Waals surface area (Å²) in [5, 5.41) is 0. The average molecular weight is 188 g/mol. The van der Waals surface area contributed by atoms with Crippen LogP contribution in [0.25, 0.3) is 0 Å². The Balaban J connectivity index is 3.44. The number of hydrogen-bond donors (Lipinski definition) is 1. The van der Waals surface area contributed by atoms with Crippen LogP contribution in [0.2, 0.25) is 0 Å². The molecule has 0 aliphatic rings. The van der Waals surface area contributed by atoms with Gasteiger partial charge in [-0.25, -0.2) is 0 Å². The monoisotopic (exact) mass is 188 g/mol. The molecular formula is C9H18NOS. The molecule has 0 spiro atoms. The fourth-order valence-electron chi connectivity index (χ4n) is 0.513. The van der Waals surface area contributed by atoms with E-state index in [4.69, 9.17) is 0 Å². The number of nitrogens with one attached hydrogen (secondary N) is 1. The van der Waals surface area contributed by atoms with Crippen LogP contribution in [0.5, 0.6) is 0 Å². The van der Waals surface area contributed by atoms with Gasteiger partial charge < -0.3 is 4.55 Å². The lowest BCUT2D eigenvalue weighted by Crippen LogP contribution is -2.37. The largest absolute Gasteiger partial charge is 0.598 e. The minimum Gasteiger partial charge on any atom is -0.598 e. The van der Waals surface area contributed by atoms with Crippen molar-refractivity contribution >= 4 is 11.4 Å². The second kappa shape index (κ2) is 5.62. The Morgan fingerprint density at radius 1 is 1.42 bits per heavy atom. The van der Waals surface area contributed by atoms with E-state index in [2.05, 4.69) is 11.3 Å². The first kappa shape index (κ1) is 12.0. The van der Waals surface area contributed by atoms with Gasteiger partial charge in [-0.15, -0.1) is 11.3 Å². The molecule has 2 nitrogen and oxygen atoms in total. The van der Waals surface area contributed by atoms with Crippen LogP contribution in [0.1, 0.15) is 33.6 Å². The Morgan fingerprint density at radius 2 is 2.00 bits per heavy atom. The molecule has 0 rings (SSSR count). The molecule has 0 saturated carbocycles. The van der Waals surface area contributed by atoms with Crippen molar-refractivity contribution in [1.29, 1.82) is 0 Å². The maximum Gasteiger partial charge on any atom is 0.136 e. The van der Waals surface area contributed by atoms with Gasteiger partial charge in [-0.1, -0.05) is 6.08 Å². The zero-order valence-electron chi connectivity index (χ0n) is 8.09. The highest BCUT2D eigenvalue weighted by atomic mass is 32.2. The zero-order chi connectivity index (χ0) is 9.61. The highest BCUT2D eigenvalue weighted by molar-refractivity contribution is 7.90. The molecule has 0 amide bonds. The summed E-state index contributed by atoms with van der Waals surface area (Å²) >= 11 is -0.981. The van der Waals surface area contributed by atoms with E-state index in [0.29, 0.717) is 0 Å². The summed E-state index contributed by atoms with van der Waals surface area (Å²) in [6.45, 7) is 11.3. The lowest BCUT2D eigenvalue weighted by molar-refractivity contribution is 0.549. The van der Waals surface area contributed by atoms with E-state index in [0.717, 1.165) is 12.8 Å². The molecule has 71 valence electrons. The molecule has 0 aliphatic carbocycles. The minimum atomic E-state index is -0.981. The second-order valence-corrected chi connectivity index (χ2v) is 5.57. The topological polar surface area (TPSA) is 35.1 Å². The molecule has 0 aromatic heterocycles. The Kier molecular flexibility index (Phi) is 5.63. The van der Waals surface area contributed by atoms with Gasteiger partial charge in [0.15, 0.2) is 0 Å². The molecule has 0 aliphatic heterocycles. The summed E-state index contributed by atoms with van der Waals surface area (Å²) in [5.41, 5.74) is 0. The Bertz CT molecular complexity index is 131. The van der Waals surface area contributed by atoms with Crippen LogP contribution < -0.4 is 4.72 Å². The molecule has 3 heteroatoms. The predicted octanol–water partition coefficient (Wildman–Crippen LogP) is 2.17. The summed E-state index contributed by atoms with van der Waals surface area (Å²) in [6.07, 6.45) is 3.65. The van der Waals surface area contributed by atoms with Crippen molar-refractivity contribution < 1.29 is 4.55 Å². The SMILES string of the molecule is C=CCC[CH]N[S@@+]([O-])C(C)(C)C. The molecule has 1 N–H and O–H groups in total. The smallest absolute Gasteiger partial charge is 0.136 e. The van der Waals surface area contributed by atoms with E-state index in [1.54, 1.807) is 0 Å². The van der Waals surface area contributed by atoms with Crippen molar-refractivity contribution in [3.63, 3.8) is 0 Å². The summed E-state index contributed by atoms with van der Waals surface area (Å²) in [6, 6.07) is 0. The van der Waals surface area contributed by atoms with E-state index in [1.165, 1.54) is 0 Å². The minimum absolute atomic E-state index is 0.190. The van der Waals surface area contributed by atoms with Gasteiger partial charge in [-0.3, -0.25) is 0 Å². The molecule has 1 atom stereocenters. The first-order valence-corrected chi connectivity index (χ1v) is 5.24. The lowest BCUT2D eigenvalue weighted by Gasteiger charge is -2.23. The number of unbranched alkanes of at least 4 members (excludes halogenated alkanes) is 1.